The van der Waals surface area contributed by atoms with Gasteiger partial charge in [0.1, 0.15) is 0 Å². The van der Waals surface area contributed by atoms with Crippen LogP contribution in [0.3, 0.4) is 0 Å². The third-order valence-corrected chi connectivity index (χ3v) is 4.55. The molecule has 4 N–H and O–H groups in total. The number of nitrogens with one attached hydrogen (secondary N) is 2. The van der Waals surface area contributed by atoms with Gasteiger partial charge in [0.25, 0.3) is 0 Å². The number of hydrazine groups is 1. The summed E-state index contributed by atoms with van der Waals surface area (Å²) >= 11 is 6.17. The number of ether oxygens (including phenoxy) is 1. The number of nitrogens with two attached hydrogens (primary N) is 1. The average molecular weight is 395 g/mol. The van der Waals surface area contributed by atoms with Crippen molar-refractivity contribution in [3.05, 3.63) is 28.3 Å². The van der Waals surface area contributed by atoms with Crippen LogP contribution in [0.25, 0.3) is 0 Å². The third kappa shape index (κ3) is 5.23. The van der Waals surface area contributed by atoms with Crippen molar-refractivity contribution < 1.29 is 17.9 Å². The van der Waals surface area contributed by atoms with E-state index in [1.807, 2.05) is 11.9 Å². The monoisotopic (exact) mass is 394 g/mol. The summed E-state index contributed by atoms with van der Waals surface area (Å²) in [5, 5.41) is -0.0236. The molecule has 26 heavy (non-hydrogen) atoms. The Labute approximate surface area is 157 Å². The summed E-state index contributed by atoms with van der Waals surface area (Å²) in [4.78, 5) is 2.04. The zero-order valence-corrected chi connectivity index (χ0v) is 15.9. The molecule has 2 rings (SSSR count). The van der Waals surface area contributed by atoms with Gasteiger partial charge < -0.3 is 15.4 Å². The standard InChI is InChI=1S/C17H26ClF3N4O/c1-10(2)26-16-13(17(19,20)21)6-11(7-14(16)18)12-8-23-24-15(12)9-25(3)5-4-22/h6-7,10,12,15,23-24H,4-5,8-9,22H2,1-3H3. The van der Waals surface area contributed by atoms with Crippen LogP contribution in [-0.2, 0) is 6.18 Å². The number of hydrogen-bond acceptors (Lipinski definition) is 5. The maximum Gasteiger partial charge on any atom is 0.420 e. The van der Waals surface area contributed by atoms with Crippen LogP contribution in [0.15, 0.2) is 12.1 Å². The topological polar surface area (TPSA) is 62.5 Å². The lowest BCUT2D eigenvalue weighted by molar-refractivity contribution is -0.139. The molecule has 1 aromatic rings. The van der Waals surface area contributed by atoms with Crippen molar-refractivity contribution >= 4 is 11.6 Å². The number of hydrogen-bond donors (Lipinski definition) is 3. The minimum Gasteiger partial charge on any atom is -0.489 e. The van der Waals surface area contributed by atoms with Gasteiger partial charge in [-0.2, -0.15) is 13.2 Å². The molecule has 0 radical (unpaired) electrons. The summed E-state index contributed by atoms with van der Waals surface area (Å²) in [6, 6.07) is 2.67. The molecule has 2 unspecified atom stereocenters. The first-order valence-electron chi connectivity index (χ1n) is 8.57. The highest BCUT2D eigenvalue weighted by atomic mass is 35.5. The lowest BCUT2D eigenvalue weighted by Crippen LogP contribution is -2.42. The molecule has 0 spiro atoms. The Kier molecular flexibility index (Phi) is 7.15. The van der Waals surface area contributed by atoms with Crippen molar-refractivity contribution in [2.24, 2.45) is 5.73 Å². The normalized spacial score (nSPS) is 21.0. The Morgan fingerprint density at radius 1 is 1.38 bits per heavy atom. The van der Waals surface area contributed by atoms with E-state index < -0.39 is 17.8 Å². The minimum atomic E-state index is -4.55. The van der Waals surface area contributed by atoms with E-state index in [1.54, 1.807) is 19.9 Å². The quantitative estimate of drug-likeness (QED) is 0.663. The number of rotatable bonds is 7. The van der Waals surface area contributed by atoms with Gasteiger partial charge in [-0.05, 0) is 38.6 Å². The van der Waals surface area contributed by atoms with Crippen molar-refractivity contribution in [3.8, 4) is 5.75 Å². The Morgan fingerprint density at radius 2 is 2.08 bits per heavy atom. The van der Waals surface area contributed by atoms with E-state index >= 15 is 0 Å². The Morgan fingerprint density at radius 3 is 2.65 bits per heavy atom. The van der Waals surface area contributed by atoms with Gasteiger partial charge in [-0.15, -0.1) is 0 Å². The van der Waals surface area contributed by atoms with Crippen molar-refractivity contribution in [2.75, 3.05) is 33.2 Å². The molecule has 0 bridgehead atoms. The summed E-state index contributed by atoms with van der Waals surface area (Å²) in [7, 11) is 1.93. The SMILES string of the molecule is CC(C)Oc1c(Cl)cc(C2CNNC2CN(C)CCN)cc1C(F)(F)F. The first-order valence-corrected chi connectivity index (χ1v) is 8.95. The van der Waals surface area contributed by atoms with E-state index in [0.29, 0.717) is 31.7 Å². The molecule has 5 nitrogen and oxygen atoms in total. The van der Waals surface area contributed by atoms with Crippen molar-refractivity contribution in [1.29, 1.82) is 0 Å². The second-order valence-corrected chi connectivity index (χ2v) is 7.24. The van der Waals surface area contributed by atoms with E-state index in [-0.39, 0.29) is 22.7 Å². The molecule has 1 aliphatic heterocycles. The zero-order valence-electron chi connectivity index (χ0n) is 15.2. The molecular weight excluding hydrogens is 369 g/mol. The molecule has 0 aromatic heterocycles. The molecule has 148 valence electrons. The number of benzene rings is 1. The Hall–Kier alpha value is -1.06. The van der Waals surface area contributed by atoms with Gasteiger partial charge in [0.05, 0.1) is 16.7 Å². The fourth-order valence-corrected chi connectivity index (χ4v) is 3.38. The number of halogens is 4. The number of alkyl halides is 3. The number of nitrogens with zero attached hydrogens (tertiary/aromatic N) is 1. The molecule has 1 aliphatic rings. The molecule has 0 amide bonds. The van der Waals surface area contributed by atoms with Crippen LogP contribution in [0.4, 0.5) is 13.2 Å². The largest absolute Gasteiger partial charge is 0.489 e. The molecule has 1 saturated heterocycles. The first-order chi connectivity index (χ1) is 12.1. The highest BCUT2D eigenvalue weighted by molar-refractivity contribution is 6.32. The zero-order chi connectivity index (χ0) is 19.5. The van der Waals surface area contributed by atoms with Crippen LogP contribution < -0.4 is 21.3 Å². The molecular formula is C17H26ClF3N4O. The third-order valence-electron chi connectivity index (χ3n) is 4.27. The smallest absolute Gasteiger partial charge is 0.420 e. The molecule has 1 fully saturated rings. The Bertz CT molecular complexity index is 612. The fraction of sp³-hybridized carbons (Fsp3) is 0.647. The average Bonchev–Trinajstić information content (AvgIpc) is 2.95. The van der Waals surface area contributed by atoms with Gasteiger partial charge in [-0.25, -0.2) is 0 Å². The molecule has 9 heteroatoms. The van der Waals surface area contributed by atoms with Gasteiger partial charge in [0.15, 0.2) is 5.75 Å². The second kappa shape index (κ2) is 8.75. The lowest BCUT2D eigenvalue weighted by atomic mass is 9.91. The molecule has 0 aliphatic carbocycles. The first kappa shape index (κ1) is 21.2. The van der Waals surface area contributed by atoms with Crippen LogP contribution in [0, 0.1) is 0 Å². The number of likely N-dealkylation sites (N-methyl/N-ethyl adjacent to an activating group) is 1. The van der Waals surface area contributed by atoms with Gasteiger partial charge in [0.2, 0.25) is 0 Å². The van der Waals surface area contributed by atoms with E-state index in [4.69, 9.17) is 22.1 Å². The van der Waals surface area contributed by atoms with Crippen LogP contribution >= 0.6 is 11.6 Å². The molecule has 1 heterocycles. The van der Waals surface area contributed by atoms with Gasteiger partial charge in [-0.3, -0.25) is 10.9 Å². The van der Waals surface area contributed by atoms with Crippen molar-refractivity contribution in [1.82, 2.24) is 15.8 Å². The summed E-state index contributed by atoms with van der Waals surface area (Å²) in [5.74, 6) is -0.462. The van der Waals surface area contributed by atoms with Crippen LogP contribution in [0.1, 0.15) is 30.9 Å². The summed E-state index contributed by atoms with van der Waals surface area (Å²) in [6.45, 7) is 5.72. The van der Waals surface area contributed by atoms with Crippen LogP contribution in [-0.4, -0.2) is 50.3 Å². The van der Waals surface area contributed by atoms with E-state index in [9.17, 15) is 13.2 Å². The summed E-state index contributed by atoms with van der Waals surface area (Å²) in [5.41, 5.74) is 11.4. The van der Waals surface area contributed by atoms with E-state index in [2.05, 4.69) is 10.9 Å². The lowest BCUT2D eigenvalue weighted by Gasteiger charge is -2.26. The van der Waals surface area contributed by atoms with E-state index in [1.165, 1.54) is 0 Å². The highest BCUT2D eigenvalue weighted by Crippen LogP contribution is 2.43. The van der Waals surface area contributed by atoms with Crippen LogP contribution in [0.2, 0.25) is 5.02 Å². The summed E-state index contributed by atoms with van der Waals surface area (Å²) in [6.07, 6.45) is -4.96. The fourth-order valence-electron chi connectivity index (χ4n) is 3.11. The minimum absolute atomic E-state index is 0.0236. The van der Waals surface area contributed by atoms with Gasteiger partial charge >= 0.3 is 6.18 Å². The van der Waals surface area contributed by atoms with Gasteiger partial charge in [-0.1, -0.05) is 11.6 Å². The highest BCUT2D eigenvalue weighted by Gasteiger charge is 2.38. The molecule has 2 atom stereocenters. The maximum absolute atomic E-state index is 13.6. The van der Waals surface area contributed by atoms with Crippen molar-refractivity contribution in [3.63, 3.8) is 0 Å². The maximum atomic E-state index is 13.6. The van der Waals surface area contributed by atoms with Gasteiger partial charge in [0, 0.05) is 38.1 Å². The van der Waals surface area contributed by atoms with Crippen molar-refractivity contribution in [2.45, 2.75) is 38.1 Å². The second-order valence-electron chi connectivity index (χ2n) is 6.83. The Balaban J connectivity index is 2.35. The van der Waals surface area contributed by atoms with E-state index in [0.717, 1.165) is 6.07 Å². The predicted molar refractivity (Wildman–Crippen MR) is 96.4 cm³/mol. The predicted octanol–water partition coefficient (Wildman–Crippen LogP) is 2.60. The molecule has 0 saturated carbocycles. The van der Waals surface area contributed by atoms with Crippen LogP contribution in [0.5, 0.6) is 5.75 Å². The summed E-state index contributed by atoms with van der Waals surface area (Å²) < 4.78 is 46.0. The molecule has 1 aromatic carbocycles.